The number of rotatable bonds is 2. The second-order valence-electron chi connectivity index (χ2n) is 3.75. The van der Waals surface area contributed by atoms with Crippen molar-refractivity contribution >= 4 is 10.9 Å². The van der Waals surface area contributed by atoms with E-state index in [1.165, 1.54) is 22.0 Å². The molecule has 0 fully saturated rings. The van der Waals surface area contributed by atoms with Crippen molar-refractivity contribution in [3.05, 3.63) is 35.5 Å². The first-order chi connectivity index (χ1) is 6.72. The van der Waals surface area contributed by atoms with Crippen LogP contribution in [0.15, 0.2) is 24.4 Å². The molecule has 14 heavy (non-hydrogen) atoms. The molecule has 2 nitrogen and oxygen atoms in total. The summed E-state index contributed by atoms with van der Waals surface area (Å²) in [5, 5.41) is 10.2. The molecule has 0 bridgehead atoms. The lowest BCUT2D eigenvalue weighted by molar-refractivity contribution is 0.278. The number of hydrogen-bond donors (Lipinski definition) is 1. The monoisotopic (exact) mass is 189 g/mol. The highest BCUT2D eigenvalue weighted by atomic mass is 16.3. The number of hydrogen-bond acceptors (Lipinski definition) is 1. The third kappa shape index (κ3) is 1.42. The van der Waals surface area contributed by atoms with Gasteiger partial charge in [-0.05, 0) is 31.0 Å². The predicted molar refractivity (Wildman–Crippen MR) is 58.5 cm³/mol. The molecule has 0 atom stereocenters. The largest absolute Gasteiger partial charge is 0.395 e. The van der Waals surface area contributed by atoms with Crippen LogP contribution in [0.5, 0.6) is 0 Å². The van der Waals surface area contributed by atoms with Gasteiger partial charge in [0.1, 0.15) is 0 Å². The highest BCUT2D eigenvalue weighted by Crippen LogP contribution is 2.21. The lowest BCUT2D eigenvalue weighted by Gasteiger charge is -2.02. The SMILES string of the molecule is Cc1ccc2c(C)cn(CCO)c2c1. The van der Waals surface area contributed by atoms with Crippen LogP contribution in [0, 0.1) is 13.8 Å². The molecule has 0 aliphatic rings. The number of aliphatic hydroxyl groups excluding tert-OH is 1. The maximum absolute atomic E-state index is 8.94. The highest BCUT2D eigenvalue weighted by molar-refractivity contribution is 5.84. The molecule has 2 heteroatoms. The standard InChI is InChI=1S/C12H15NO/c1-9-3-4-11-10(2)8-13(5-6-14)12(11)7-9/h3-4,7-8,14H,5-6H2,1-2H3. The number of aliphatic hydroxyl groups is 1. The van der Waals surface area contributed by atoms with Gasteiger partial charge in [0.05, 0.1) is 6.61 Å². The number of nitrogens with zero attached hydrogens (tertiary/aromatic N) is 1. The number of aryl methyl sites for hydroxylation is 2. The van der Waals surface area contributed by atoms with Crippen molar-refractivity contribution in [1.82, 2.24) is 4.57 Å². The Bertz CT molecular complexity index is 457. The molecule has 74 valence electrons. The van der Waals surface area contributed by atoms with Crippen LogP contribution in [0.2, 0.25) is 0 Å². The fraction of sp³-hybridized carbons (Fsp3) is 0.333. The first-order valence-corrected chi connectivity index (χ1v) is 4.89. The first kappa shape index (κ1) is 9.28. The van der Waals surface area contributed by atoms with Gasteiger partial charge in [-0.1, -0.05) is 12.1 Å². The molecule has 0 unspecified atom stereocenters. The zero-order chi connectivity index (χ0) is 10.1. The Morgan fingerprint density at radius 3 is 2.79 bits per heavy atom. The minimum Gasteiger partial charge on any atom is -0.395 e. The zero-order valence-electron chi connectivity index (χ0n) is 8.62. The molecular weight excluding hydrogens is 174 g/mol. The van der Waals surface area contributed by atoms with Crippen molar-refractivity contribution in [3.8, 4) is 0 Å². The summed E-state index contributed by atoms with van der Waals surface area (Å²) in [5.41, 5.74) is 3.75. The Morgan fingerprint density at radius 1 is 1.29 bits per heavy atom. The van der Waals surface area contributed by atoms with Gasteiger partial charge in [0, 0.05) is 23.6 Å². The van der Waals surface area contributed by atoms with E-state index in [0.29, 0.717) is 6.54 Å². The van der Waals surface area contributed by atoms with Crippen molar-refractivity contribution in [2.75, 3.05) is 6.61 Å². The van der Waals surface area contributed by atoms with Gasteiger partial charge in [0.15, 0.2) is 0 Å². The van der Waals surface area contributed by atoms with E-state index in [4.69, 9.17) is 5.11 Å². The Kier molecular flexibility index (Phi) is 2.30. The van der Waals surface area contributed by atoms with Crippen molar-refractivity contribution in [1.29, 1.82) is 0 Å². The Hall–Kier alpha value is -1.28. The zero-order valence-corrected chi connectivity index (χ0v) is 8.62. The Labute approximate surface area is 83.8 Å². The molecule has 1 aromatic carbocycles. The highest BCUT2D eigenvalue weighted by Gasteiger charge is 2.04. The van der Waals surface area contributed by atoms with E-state index < -0.39 is 0 Å². The molecule has 2 aromatic rings. The van der Waals surface area contributed by atoms with E-state index in [0.717, 1.165) is 0 Å². The summed E-state index contributed by atoms with van der Waals surface area (Å²) in [6, 6.07) is 6.44. The maximum atomic E-state index is 8.94. The Morgan fingerprint density at radius 2 is 2.07 bits per heavy atom. The average molecular weight is 189 g/mol. The fourth-order valence-electron chi connectivity index (χ4n) is 1.88. The van der Waals surface area contributed by atoms with Crippen molar-refractivity contribution < 1.29 is 5.11 Å². The van der Waals surface area contributed by atoms with Gasteiger partial charge in [0.25, 0.3) is 0 Å². The van der Waals surface area contributed by atoms with E-state index in [1.807, 2.05) is 0 Å². The molecule has 1 heterocycles. The molecular formula is C12H15NO. The van der Waals surface area contributed by atoms with Gasteiger partial charge in [-0.2, -0.15) is 0 Å². The van der Waals surface area contributed by atoms with E-state index in [1.54, 1.807) is 0 Å². The molecule has 1 N–H and O–H groups in total. The quantitative estimate of drug-likeness (QED) is 0.770. The molecule has 1 aromatic heterocycles. The van der Waals surface area contributed by atoms with Crippen LogP contribution in [0.3, 0.4) is 0 Å². The smallest absolute Gasteiger partial charge is 0.0610 e. The second-order valence-corrected chi connectivity index (χ2v) is 3.75. The number of aromatic nitrogens is 1. The lowest BCUT2D eigenvalue weighted by Crippen LogP contribution is -1.99. The van der Waals surface area contributed by atoms with Crippen molar-refractivity contribution in [3.63, 3.8) is 0 Å². The molecule has 0 saturated heterocycles. The summed E-state index contributed by atoms with van der Waals surface area (Å²) >= 11 is 0. The van der Waals surface area contributed by atoms with E-state index in [9.17, 15) is 0 Å². The average Bonchev–Trinajstić information content (AvgIpc) is 2.44. The summed E-state index contributed by atoms with van der Waals surface area (Å²) < 4.78 is 2.11. The van der Waals surface area contributed by atoms with Crippen LogP contribution < -0.4 is 0 Å². The van der Waals surface area contributed by atoms with Gasteiger partial charge >= 0.3 is 0 Å². The molecule has 0 aliphatic heterocycles. The minimum absolute atomic E-state index is 0.192. The summed E-state index contributed by atoms with van der Waals surface area (Å²) in [6.07, 6.45) is 2.10. The third-order valence-electron chi connectivity index (χ3n) is 2.58. The van der Waals surface area contributed by atoms with Gasteiger partial charge in [-0.15, -0.1) is 0 Å². The summed E-state index contributed by atoms with van der Waals surface area (Å²) in [7, 11) is 0. The molecule has 0 saturated carbocycles. The van der Waals surface area contributed by atoms with Gasteiger partial charge in [0.2, 0.25) is 0 Å². The molecule has 0 aliphatic carbocycles. The maximum Gasteiger partial charge on any atom is 0.0610 e. The minimum atomic E-state index is 0.192. The first-order valence-electron chi connectivity index (χ1n) is 4.89. The lowest BCUT2D eigenvalue weighted by atomic mass is 10.1. The van der Waals surface area contributed by atoms with Crippen molar-refractivity contribution in [2.24, 2.45) is 0 Å². The van der Waals surface area contributed by atoms with E-state index >= 15 is 0 Å². The number of benzene rings is 1. The fourth-order valence-corrected chi connectivity index (χ4v) is 1.88. The van der Waals surface area contributed by atoms with Crippen LogP contribution in [-0.4, -0.2) is 16.3 Å². The number of fused-ring (bicyclic) bond motifs is 1. The molecule has 0 radical (unpaired) electrons. The van der Waals surface area contributed by atoms with E-state index in [2.05, 4.69) is 42.8 Å². The topological polar surface area (TPSA) is 25.2 Å². The predicted octanol–water partition coefficient (Wildman–Crippen LogP) is 2.25. The van der Waals surface area contributed by atoms with Crippen LogP contribution in [0.4, 0.5) is 0 Å². The normalized spacial score (nSPS) is 11.1. The molecule has 0 spiro atoms. The van der Waals surface area contributed by atoms with Crippen molar-refractivity contribution in [2.45, 2.75) is 20.4 Å². The second kappa shape index (κ2) is 3.46. The summed E-state index contributed by atoms with van der Waals surface area (Å²) in [6.45, 7) is 5.06. The summed E-state index contributed by atoms with van der Waals surface area (Å²) in [5.74, 6) is 0. The van der Waals surface area contributed by atoms with Crippen LogP contribution in [0.1, 0.15) is 11.1 Å². The molecule has 2 rings (SSSR count). The third-order valence-corrected chi connectivity index (χ3v) is 2.58. The van der Waals surface area contributed by atoms with Crippen LogP contribution in [0.25, 0.3) is 10.9 Å². The summed E-state index contributed by atoms with van der Waals surface area (Å²) in [4.78, 5) is 0. The Balaban J connectivity index is 2.66. The molecule has 0 amide bonds. The van der Waals surface area contributed by atoms with Gasteiger partial charge in [-0.25, -0.2) is 0 Å². The van der Waals surface area contributed by atoms with Gasteiger partial charge < -0.3 is 9.67 Å². The van der Waals surface area contributed by atoms with Crippen LogP contribution >= 0.6 is 0 Å². The van der Waals surface area contributed by atoms with E-state index in [-0.39, 0.29) is 6.61 Å². The van der Waals surface area contributed by atoms with Gasteiger partial charge in [-0.3, -0.25) is 0 Å². The van der Waals surface area contributed by atoms with Crippen LogP contribution in [-0.2, 0) is 6.54 Å².